The maximum absolute atomic E-state index is 5.96. The second kappa shape index (κ2) is 6.26. The zero-order chi connectivity index (χ0) is 14.7. The second-order valence-electron chi connectivity index (χ2n) is 6.01. The van der Waals surface area contributed by atoms with Crippen LogP contribution in [0.15, 0.2) is 35.7 Å². The van der Waals surface area contributed by atoms with Gasteiger partial charge in [-0.15, -0.1) is 11.3 Å². The zero-order valence-corrected chi connectivity index (χ0v) is 13.3. The van der Waals surface area contributed by atoms with E-state index >= 15 is 0 Å². The van der Waals surface area contributed by atoms with E-state index in [1.54, 1.807) is 11.3 Å². The Hall–Kier alpha value is -1.23. The Kier molecular flexibility index (Phi) is 4.38. The highest BCUT2D eigenvalue weighted by molar-refractivity contribution is 7.09. The summed E-state index contributed by atoms with van der Waals surface area (Å²) < 4.78 is 0. The van der Waals surface area contributed by atoms with Crippen LogP contribution in [0.3, 0.4) is 0 Å². The lowest BCUT2D eigenvalue weighted by atomic mass is 9.71. The van der Waals surface area contributed by atoms with Gasteiger partial charge in [0, 0.05) is 23.3 Å². The van der Waals surface area contributed by atoms with Crippen LogP contribution < -0.4 is 11.3 Å². The molecule has 1 saturated carbocycles. The number of thiazole rings is 1. The summed E-state index contributed by atoms with van der Waals surface area (Å²) in [6.07, 6.45) is 5.87. The minimum absolute atomic E-state index is 0.146. The number of nitrogens with zero attached hydrogens (tertiary/aromatic N) is 1. The van der Waals surface area contributed by atoms with E-state index in [1.165, 1.54) is 31.2 Å². The van der Waals surface area contributed by atoms with Crippen LogP contribution in [0.25, 0.3) is 0 Å². The van der Waals surface area contributed by atoms with Crippen LogP contribution >= 0.6 is 11.3 Å². The molecule has 0 saturated heterocycles. The van der Waals surface area contributed by atoms with Gasteiger partial charge in [0.05, 0.1) is 10.7 Å². The first kappa shape index (κ1) is 14.7. The first-order valence-electron chi connectivity index (χ1n) is 7.67. The van der Waals surface area contributed by atoms with Crippen molar-refractivity contribution in [3.05, 3.63) is 52.0 Å². The molecule has 0 radical (unpaired) electrons. The van der Waals surface area contributed by atoms with Crippen LogP contribution in [0, 0.1) is 6.92 Å². The molecule has 0 amide bonds. The van der Waals surface area contributed by atoms with Gasteiger partial charge in [0.25, 0.3) is 0 Å². The quantitative estimate of drug-likeness (QED) is 0.658. The lowest BCUT2D eigenvalue weighted by Gasteiger charge is -2.37. The van der Waals surface area contributed by atoms with E-state index in [0.29, 0.717) is 0 Å². The topological polar surface area (TPSA) is 50.9 Å². The van der Waals surface area contributed by atoms with Gasteiger partial charge in [-0.25, -0.2) is 4.98 Å². The minimum Gasteiger partial charge on any atom is -0.271 e. The molecule has 1 aliphatic rings. The van der Waals surface area contributed by atoms with Crippen LogP contribution in [-0.2, 0) is 11.8 Å². The normalized spacial score (nSPS) is 18.8. The van der Waals surface area contributed by atoms with E-state index in [4.69, 9.17) is 5.84 Å². The highest BCUT2D eigenvalue weighted by atomic mass is 32.1. The summed E-state index contributed by atoms with van der Waals surface area (Å²) >= 11 is 1.71. The number of aromatic nitrogens is 1. The van der Waals surface area contributed by atoms with Gasteiger partial charge in [-0.3, -0.25) is 11.3 Å². The lowest BCUT2D eigenvalue weighted by molar-refractivity contribution is 0.294. The highest BCUT2D eigenvalue weighted by Crippen LogP contribution is 2.44. The van der Waals surface area contributed by atoms with Gasteiger partial charge in [0.15, 0.2) is 0 Å². The number of aryl methyl sites for hydroxylation is 1. The average molecular weight is 301 g/mol. The molecule has 0 aliphatic heterocycles. The predicted molar refractivity (Wildman–Crippen MR) is 88.3 cm³/mol. The molecule has 0 bridgehead atoms. The van der Waals surface area contributed by atoms with Gasteiger partial charge in [0.2, 0.25) is 0 Å². The molecule has 1 aliphatic carbocycles. The molecule has 2 aromatic rings. The number of hydrogen-bond acceptors (Lipinski definition) is 4. The third-order valence-electron chi connectivity index (χ3n) is 4.79. The van der Waals surface area contributed by atoms with E-state index in [-0.39, 0.29) is 11.5 Å². The Morgan fingerprint density at radius 1 is 1.29 bits per heavy atom. The molecular weight excluding hydrogens is 278 g/mol. The summed E-state index contributed by atoms with van der Waals surface area (Å²) in [6, 6.07) is 11.1. The number of hydrogen-bond donors (Lipinski definition) is 2. The maximum atomic E-state index is 5.96. The van der Waals surface area contributed by atoms with Crippen molar-refractivity contribution in [3.63, 3.8) is 0 Å². The molecule has 1 heterocycles. The van der Waals surface area contributed by atoms with E-state index in [2.05, 4.69) is 53.0 Å². The summed E-state index contributed by atoms with van der Waals surface area (Å²) in [4.78, 5) is 4.62. The molecule has 3 nitrogen and oxygen atoms in total. The Morgan fingerprint density at radius 3 is 2.57 bits per heavy atom. The first-order chi connectivity index (χ1) is 10.2. The van der Waals surface area contributed by atoms with Crippen LogP contribution in [-0.4, -0.2) is 11.0 Å². The fourth-order valence-electron chi connectivity index (χ4n) is 3.74. The summed E-state index contributed by atoms with van der Waals surface area (Å²) in [6.45, 7) is 2.06. The van der Waals surface area contributed by atoms with E-state index in [1.807, 2.05) is 0 Å². The van der Waals surface area contributed by atoms with E-state index in [9.17, 15) is 0 Å². The minimum atomic E-state index is 0.146. The summed E-state index contributed by atoms with van der Waals surface area (Å²) in [5.74, 6) is 5.96. The highest BCUT2D eigenvalue weighted by Gasteiger charge is 2.42. The zero-order valence-electron chi connectivity index (χ0n) is 12.5. The Morgan fingerprint density at radius 2 is 2.00 bits per heavy atom. The lowest BCUT2D eigenvalue weighted by Crippen LogP contribution is -2.51. The number of rotatable bonds is 5. The molecule has 3 N–H and O–H groups in total. The smallest absolute Gasteiger partial charge is 0.0897 e. The van der Waals surface area contributed by atoms with Crippen LogP contribution in [0.4, 0.5) is 0 Å². The summed E-state index contributed by atoms with van der Waals surface area (Å²) in [5.41, 5.74) is 5.82. The predicted octanol–water partition coefficient (Wildman–Crippen LogP) is 3.34. The van der Waals surface area contributed by atoms with Crippen molar-refractivity contribution in [3.8, 4) is 0 Å². The third kappa shape index (κ3) is 2.89. The largest absolute Gasteiger partial charge is 0.271 e. The van der Waals surface area contributed by atoms with Crippen molar-refractivity contribution in [1.29, 1.82) is 0 Å². The SMILES string of the molecule is Cc1nc(CC(NN)C2(c3ccccc3)CCCC2)cs1. The van der Waals surface area contributed by atoms with Crippen molar-refractivity contribution in [2.75, 3.05) is 0 Å². The van der Waals surface area contributed by atoms with E-state index < -0.39 is 0 Å². The standard InChI is InChI=1S/C17H23N3S/c1-13-19-15(12-21-13)11-16(20-18)17(9-5-6-10-17)14-7-3-2-4-8-14/h2-4,7-8,12,16,20H,5-6,9-11,18H2,1H3. The molecule has 1 aromatic carbocycles. The molecule has 1 fully saturated rings. The second-order valence-corrected chi connectivity index (χ2v) is 7.07. The fourth-order valence-corrected chi connectivity index (χ4v) is 4.36. The van der Waals surface area contributed by atoms with Crippen molar-refractivity contribution < 1.29 is 0 Å². The first-order valence-corrected chi connectivity index (χ1v) is 8.55. The molecule has 1 atom stereocenters. The van der Waals surface area contributed by atoms with E-state index in [0.717, 1.165) is 17.1 Å². The number of hydrazine groups is 1. The Balaban J connectivity index is 1.91. The van der Waals surface area contributed by atoms with Crippen molar-refractivity contribution in [2.24, 2.45) is 5.84 Å². The molecule has 0 spiro atoms. The molecule has 112 valence electrons. The molecule has 3 rings (SSSR count). The van der Waals surface area contributed by atoms with Gasteiger partial charge in [-0.1, -0.05) is 43.2 Å². The number of benzene rings is 1. The fraction of sp³-hybridized carbons (Fsp3) is 0.471. The molecular formula is C17H23N3S. The number of nitrogens with one attached hydrogen (secondary N) is 1. The van der Waals surface area contributed by atoms with Crippen LogP contribution in [0.5, 0.6) is 0 Å². The van der Waals surface area contributed by atoms with Gasteiger partial charge >= 0.3 is 0 Å². The number of nitrogens with two attached hydrogens (primary N) is 1. The van der Waals surface area contributed by atoms with Gasteiger partial charge < -0.3 is 0 Å². The van der Waals surface area contributed by atoms with Crippen LogP contribution in [0.1, 0.15) is 41.9 Å². The van der Waals surface area contributed by atoms with Crippen molar-refractivity contribution in [1.82, 2.24) is 10.4 Å². The molecule has 1 aromatic heterocycles. The van der Waals surface area contributed by atoms with Gasteiger partial charge in [-0.05, 0) is 25.3 Å². The van der Waals surface area contributed by atoms with Gasteiger partial charge in [-0.2, -0.15) is 0 Å². The van der Waals surface area contributed by atoms with Gasteiger partial charge in [0.1, 0.15) is 0 Å². The monoisotopic (exact) mass is 301 g/mol. The van der Waals surface area contributed by atoms with Crippen molar-refractivity contribution >= 4 is 11.3 Å². The summed E-state index contributed by atoms with van der Waals surface area (Å²) in [5, 5.41) is 3.29. The third-order valence-corrected chi connectivity index (χ3v) is 5.61. The van der Waals surface area contributed by atoms with Crippen LogP contribution in [0.2, 0.25) is 0 Å². The maximum Gasteiger partial charge on any atom is 0.0897 e. The Labute approximate surface area is 130 Å². The molecule has 1 unspecified atom stereocenters. The van der Waals surface area contributed by atoms with Crippen molar-refractivity contribution in [2.45, 2.75) is 50.5 Å². The molecule has 21 heavy (non-hydrogen) atoms. The summed E-state index contributed by atoms with van der Waals surface area (Å²) in [7, 11) is 0. The average Bonchev–Trinajstić information content (AvgIpc) is 3.15. The molecule has 4 heteroatoms. The Bertz CT molecular complexity index is 573.